The molecule has 0 saturated heterocycles. The van der Waals surface area contributed by atoms with Crippen molar-refractivity contribution in [2.75, 3.05) is 5.32 Å². The lowest BCUT2D eigenvalue weighted by molar-refractivity contribution is 0.169. The van der Waals surface area contributed by atoms with E-state index in [4.69, 9.17) is 9.39 Å². The molecular weight excluding hydrogens is 367 g/mol. The van der Waals surface area contributed by atoms with Crippen LogP contribution in [0.3, 0.4) is 0 Å². The van der Waals surface area contributed by atoms with Crippen LogP contribution in [0.1, 0.15) is 22.9 Å². The van der Waals surface area contributed by atoms with Gasteiger partial charge in [-0.3, -0.25) is 5.32 Å². The van der Waals surface area contributed by atoms with Crippen molar-refractivity contribution < 1.29 is 19.2 Å². The third kappa shape index (κ3) is 4.59. The number of benzene rings is 3. The Morgan fingerprint density at radius 3 is 2.62 bits per heavy atom. The number of aryl methyl sites for hydroxylation is 1. The molecule has 29 heavy (non-hydrogen) atoms. The highest BCUT2D eigenvalue weighted by molar-refractivity contribution is 6.61. The molecule has 1 atom stereocenters. The molecule has 3 aromatic rings. The maximum absolute atomic E-state index is 12.5. The first-order chi connectivity index (χ1) is 14.1. The number of fused-ring (bicyclic) bond motifs is 1. The highest BCUT2D eigenvalue weighted by atomic mass is 16.5. The lowest BCUT2D eigenvalue weighted by atomic mass is 9.80. The van der Waals surface area contributed by atoms with Gasteiger partial charge >= 0.3 is 13.1 Å². The lowest BCUT2D eigenvalue weighted by Gasteiger charge is -2.21. The van der Waals surface area contributed by atoms with Crippen LogP contribution in [-0.4, -0.2) is 18.2 Å². The van der Waals surface area contributed by atoms with E-state index in [1.165, 1.54) is 0 Å². The standard InChI is InChI=1S/C22H21BN2O4/c1-15-7-9-18(10-8-15)24-22(26)25-21(16-5-3-2-4-6-16)29-19-11-12-20-17(13-19)14-28-23(20)27/h2-13,21,27H,14H2,1H3,(H2,24,25,26). The molecule has 0 aromatic heterocycles. The van der Waals surface area contributed by atoms with Crippen LogP contribution in [0.4, 0.5) is 10.5 Å². The molecular formula is C22H21BN2O4. The maximum Gasteiger partial charge on any atom is 0.491 e. The van der Waals surface area contributed by atoms with Crippen LogP contribution in [0.15, 0.2) is 72.8 Å². The predicted molar refractivity (Wildman–Crippen MR) is 112 cm³/mol. The molecule has 1 aliphatic rings. The summed E-state index contributed by atoms with van der Waals surface area (Å²) in [6.07, 6.45) is -0.688. The minimum absolute atomic E-state index is 0.324. The number of anilines is 1. The van der Waals surface area contributed by atoms with Crippen LogP contribution in [0, 0.1) is 6.92 Å². The summed E-state index contributed by atoms with van der Waals surface area (Å²) in [4.78, 5) is 12.5. The summed E-state index contributed by atoms with van der Waals surface area (Å²) < 4.78 is 11.3. The molecule has 1 unspecified atom stereocenters. The topological polar surface area (TPSA) is 79.8 Å². The molecule has 3 aromatic carbocycles. The minimum atomic E-state index is -0.901. The number of carbonyl (C=O) groups is 1. The lowest BCUT2D eigenvalue weighted by Crippen LogP contribution is -2.35. The Kier molecular flexibility index (Phi) is 5.51. The number of hydrogen-bond acceptors (Lipinski definition) is 4. The highest BCUT2D eigenvalue weighted by Crippen LogP contribution is 2.23. The smallest absolute Gasteiger partial charge is 0.466 e. The first-order valence-corrected chi connectivity index (χ1v) is 9.37. The van der Waals surface area contributed by atoms with Crippen LogP contribution >= 0.6 is 0 Å². The maximum atomic E-state index is 12.5. The van der Waals surface area contributed by atoms with E-state index < -0.39 is 13.3 Å². The van der Waals surface area contributed by atoms with Crippen molar-refractivity contribution in [3.8, 4) is 5.75 Å². The summed E-state index contributed by atoms with van der Waals surface area (Å²) in [6, 6.07) is 22.0. The molecule has 0 fully saturated rings. The van der Waals surface area contributed by atoms with Crippen molar-refractivity contribution in [1.29, 1.82) is 0 Å². The van der Waals surface area contributed by atoms with E-state index in [1.807, 2.05) is 67.6 Å². The Bertz CT molecular complexity index is 995. The van der Waals surface area contributed by atoms with Gasteiger partial charge < -0.3 is 19.7 Å². The van der Waals surface area contributed by atoms with Crippen molar-refractivity contribution in [1.82, 2.24) is 5.32 Å². The van der Waals surface area contributed by atoms with Gasteiger partial charge in [-0.1, -0.05) is 54.1 Å². The van der Waals surface area contributed by atoms with Gasteiger partial charge in [0.2, 0.25) is 0 Å². The van der Waals surface area contributed by atoms with Crippen LogP contribution in [0.25, 0.3) is 0 Å². The van der Waals surface area contributed by atoms with Gasteiger partial charge in [0, 0.05) is 11.3 Å². The van der Waals surface area contributed by atoms with E-state index in [-0.39, 0.29) is 6.03 Å². The van der Waals surface area contributed by atoms with Crippen LogP contribution in [0.5, 0.6) is 5.75 Å². The fraction of sp³-hybridized carbons (Fsp3) is 0.136. The first kappa shape index (κ1) is 19.0. The van der Waals surface area contributed by atoms with Gasteiger partial charge in [0.15, 0.2) is 6.23 Å². The van der Waals surface area contributed by atoms with Crippen molar-refractivity contribution in [3.63, 3.8) is 0 Å². The van der Waals surface area contributed by atoms with Gasteiger partial charge in [-0.25, -0.2) is 4.79 Å². The van der Waals surface area contributed by atoms with Gasteiger partial charge in [-0.15, -0.1) is 0 Å². The first-order valence-electron chi connectivity index (χ1n) is 9.37. The van der Waals surface area contributed by atoms with Crippen molar-refractivity contribution >= 4 is 24.3 Å². The van der Waals surface area contributed by atoms with Gasteiger partial charge in [0.05, 0.1) is 6.61 Å². The molecule has 0 aliphatic carbocycles. The normalized spacial score (nSPS) is 13.5. The van der Waals surface area contributed by atoms with E-state index in [0.717, 1.165) is 22.2 Å². The average molecular weight is 388 g/mol. The number of rotatable bonds is 5. The number of hydrogen-bond donors (Lipinski definition) is 3. The molecule has 3 N–H and O–H groups in total. The molecule has 0 bridgehead atoms. The van der Waals surface area contributed by atoms with Crippen molar-refractivity contribution in [2.45, 2.75) is 19.8 Å². The molecule has 0 spiro atoms. The molecule has 1 heterocycles. The minimum Gasteiger partial charge on any atom is -0.466 e. The second-order valence-electron chi connectivity index (χ2n) is 6.90. The largest absolute Gasteiger partial charge is 0.491 e. The second kappa shape index (κ2) is 8.38. The Hall–Kier alpha value is -3.29. The van der Waals surface area contributed by atoms with E-state index in [9.17, 15) is 9.82 Å². The molecule has 4 rings (SSSR count). The molecule has 2 amide bonds. The van der Waals surface area contributed by atoms with E-state index in [1.54, 1.807) is 12.1 Å². The van der Waals surface area contributed by atoms with Crippen molar-refractivity contribution in [2.24, 2.45) is 0 Å². The fourth-order valence-corrected chi connectivity index (χ4v) is 3.15. The highest BCUT2D eigenvalue weighted by Gasteiger charge is 2.27. The summed E-state index contributed by atoms with van der Waals surface area (Å²) in [5, 5.41) is 15.5. The van der Waals surface area contributed by atoms with Gasteiger partial charge in [-0.05, 0) is 42.2 Å². The zero-order valence-electron chi connectivity index (χ0n) is 16.0. The molecule has 0 saturated carbocycles. The molecule has 6 nitrogen and oxygen atoms in total. The van der Waals surface area contributed by atoms with Crippen LogP contribution in [0.2, 0.25) is 0 Å². The third-order valence-electron chi connectivity index (χ3n) is 4.71. The SMILES string of the molecule is Cc1ccc(NC(=O)NC(Oc2ccc3c(c2)COB3O)c2ccccc2)cc1. The number of urea groups is 1. The third-order valence-corrected chi connectivity index (χ3v) is 4.71. The summed E-state index contributed by atoms with van der Waals surface area (Å²) in [7, 11) is -0.901. The monoisotopic (exact) mass is 388 g/mol. The number of amides is 2. The summed E-state index contributed by atoms with van der Waals surface area (Å²) in [5.74, 6) is 0.575. The summed E-state index contributed by atoms with van der Waals surface area (Å²) in [6.45, 7) is 2.31. The van der Waals surface area contributed by atoms with Gasteiger partial charge in [-0.2, -0.15) is 0 Å². The fourth-order valence-electron chi connectivity index (χ4n) is 3.15. The zero-order valence-corrected chi connectivity index (χ0v) is 16.0. The van der Waals surface area contributed by atoms with Gasteiger partial charge in [0.1, 0.15) is 5.75 Å². The Labute approximate surface area is 169 Å². The van der Waals surface area contributed by atoms with E-state index >= 15 is 0 Å². The quantitative estimate of drug-likeness (QED) is 0.464. The Morgan fingerprint density at radius 2 is 1.86 bits per heavy atom. The zero-order chi connectivity index (χ0) is 20.2. The summed E-state index contributed by atoms with van der Waals surface area (Å²) >= 11 is 0. The molecule has 1 aliphatic heterocycles. The predicted octanol–water partition coefficient (Wildman–Crippen LogP) is 3.11. The van der Waals surface area contributed by atoms with E-state index in [2.05, 4.69) is 10.6 Å². The van der Waals surface area contributed by atoms with Crippen LogP contribution in [-0.2, 0) is 11.3 Å². The summed E-state index contributed by atoms with van der Waals surface area (Å²) in [5.41, 5.74) is 4.23. The number of ether oxygens (including phenoxy) is 1. The molecule has 7 heteroatoms. The average Bonchev–Trinajstić information content (AvgIpc) is 3.10. The van der Waals surface area contributed by atoms with E-state index in [0.29, 0.717) is 18.0 Å². The second-order valence-corrected chi connectivity index (χ2v) is 6.90. The molecule has 0 radical (unpaired) electrons. The van der Waals surface area contributed by atoms with Gasteiger partial charge in [0.25, 0.3) is 0 Å². The Morgan fingerprint density at radius 1 is 1.10 bits per heavy atom. The van der Waals surface area contributed by atoms with Crippen molar-refractivity contribution in [3.05, 3.63) is 89.5 Å². The number of carbonyl (C=O) groups excluding carboxylic acids is 1. The van der Waals surface area contributed by atoms with Crippen LogP contribution < -0.4 is 20.8 Å². The molecule has 146 valence electrons. The number of nitrogens with one attached hydrogen (secondary N) is 2. The Balaban J connectivity index is 1.51.